The second kappa shape index (κ2) is 12.4. The van der Waals surface area contributed by atoms with Gasteiger partial charge in [0.05, 0.1) is 5.54 Å². The second-order valence-electron chi connectivity index (χ2n) is 14.1. The van der Waals surface area contributed by atoms with Crippen molar-refractivity contribution in [1.82, 2.24) is 20.2 Å². The highest BCUT2D eigenvalue weighted by molar-refractivity contribution is 6.03. The molecule has 3 saturated heterocycles. The number of carbonyl (C=O) groups excluding carboxylic acids is 1. The molecule has 6 heterocycles. The zero-order valence-electron chi connectivity index (χ0n) is 26.9. The molecule has 3 atom stereocenters. The summed E-state index contributed by atoms with van der Waals surface area (Å²) in [6, 6.07) is 9.41. The number of nitrogens with one attached hydrogen (secondary N) is 1. The third-order valence-corrected chi connectivity index (χ3v) is 11.0. The molecule has 0 saturated carbocycles. The first-order valence-corrected chi connectivity index (χ1v) is 17.3. The standard InChI is InChI=1S/C37H40F3N5O3/c38-24-18-37(12-3-15-45(37)20-24)21-48-36-42-34-28-9-8-26(33(34)40)29-17-25(46)16-23-7-10-30(39)27(32(23)29)5-1-6-31(47)41-13-11-22-4-2-14-44(19-22)35(28)43-36/h7-10,16-17,22,24,46H,1-6,11-15,18-21H2,(H,41,47)/t22?,24-,37+/m1/s1. The predicted octanol–water partition coefficient (Wildman–Crippen LogP) is 6.45. The van der Waals surface area contributed by atoms with Crippen molar-refractivity contribution in [1.29, 1.82) is 0 Å². The third-order valence-electron chi connectivity index (χ3n) is 11.0. The Morgan fingerprint density at radius 3 is 2.79 bits per heavy atom. The summed E-state index contributed by atoms with van der Waals surface area (Å²) in [7, 11) is 0. The molecule has 48 heavy (non-hydrogen) atoms. The van der Waals surface area contributed by atoms with E-state index in [1.165, 1.54) is 18.2 Å². The van der Waals surface area contributed by atoms with Gasteiger partial charge in [-0.1, -0.05) is 12.1 Å². The molecule has 3 aromatic carbocycles. The van der Waals surface area contributed by atoms with Crippen molar-refractivity contribution in [2.24, 2.45) is 5.92 Å². The lowest BCUT2D eigenvalue weighted by molar-refractivity contribution is -0.121. The van der Waals surface area contributed by atoms with Gasteiger partial charge in [0.1, 0.15) is 35.7 Å². The molecule has 3 fully saturated rings. The average Bonchev–Trinajstić information content (AvgIpc) is 3.60. The van der Waals surface area contributed by atoms with E-state index < -0.39 is 23.3 Å². The minimum atomic E-state index is -0.913. The number of aromatic hydroxyl groups is 1. The van der Waals surface area contributed by atoms with Crippen molar-refractivity contribution in [3.63, 3.8) is 0 Å². The predicted molar refractivity (Wildman–Crippen MR) is 178 cm³/mol. The molecule has 8 nitrogen and oxygen atoms in total. The Morgan fingerprint density at radius 2 is 1.90 bits per heavy atom. The van der Waals surface area contributed by atoms with E-state index in [9.17, 15) is 14.3 Å². The molecule has 9 rings (SSSR count). The highest BCUT2D eigenvalue weighted by Gasteiger charge is 2.49. The van der Waals surface area contributed by atoms with E-state index in [1.807, 2.05) is 0 Å². The quantitative estimate of drug-likeness (QED) is 0.261. The molecule has 5 aliphatic rings. The summed E-state index contributed by atoms with van der Waals surface area (Å²) in [6.45, 7) is 3.36. The molecule has 1 amide bonds. The Balaban J connectivity index is 1.29. The van der Waals surface area contributed by atoms with Crippen LogP contribution in [0.4, 0.5) is 19.0 Å². The molecule has 0 spiro atoms. The number of rotatable bonds is 3. The molecule has 1 aromatic heterocycles. The van der Waals surface area contributed by atoms with Gasteiger partial charge in [-0.05, 0) is 104 Å². The van der Waals surface area contributed by atoms with E-state index in [1.54, 1.807) is 18.2 Å². The van der Waals surface area contributed by atoms with Gasteiger partial charge in [-0.3, -0.25) is 9.69 Å². The first-order valence-electron chi connectivity index (χ1n) is 17.3. The number of aromatic nitrogens is 2. The van der Waals surface area contributed by atoms with Crippen LogP contribution >= 0.6 is 0 Å². The van der Waals surface area contributed by atoms with Crippen molar-refractivity contribution in [2.45, 2.75) is 69.5 Å². The number of phenols is 1. The number of benzene rings is 3. The fourth-order valence-electron chi connectivity index (χ4n) is 8.67. The van der Waals surface area contributed by atoms with Crippen LogP contribution in [0, 0.1) is 17.6 Å². The van der Waals surface area contributed by atoms with Crippen molar-refractivity contribution in [2.75, 3.05) is 44.2 Å². The fraction of sp³-hybridized carbons (Fsp3) is 0.486. The van der Waals surface area contributed by atoms with E-state index in [0.29, 0.717) is 71.5 Å². The maximum Gasteiger partial charge on any atom is 0.319 e. The molecular weight excluding hydrogens is 619 g/mol. The van der Waals surface area contributed by atoms with Gasteiger partial charge in [-0.15, -0.1) is 0 Å². The van der Waals surface area contributed by atoms with E-state index in [-0.39, 0.29) is 48.2 Å². The lowest BCUT2D eigenvalue weighted by Crippen LogP contribution is -2.43. The number of alkyl halides is 1. The molecule has 2 N–H and O–H groups in total. The Labute approximate surface area is 277 Å². The Bertz CT molecular complexity index is 1910. The number of phenolic OH excluding ortho intramolecular Hbond substituents is 1. The zero-order chi connectivity index (χ0) is 33.0. The van der Waals surface area contributed by atoms with Crippen LogP contribution in [0.1, 0.15) is 56.9 Å². The molecule has 0 aliphatic carbocycles. The molecular formula is C37H40F3N5O3. The van der Waals surface area contributed by atoms with Crippen LogP contribution in [0.5, 0.6) is 11.8 Å². The summed E-state index contributed by atoms with van der Waals surface area (Å²) >= 11 is 0. The summed E-state index contributed by atoms with van der Waals surface area (Å²) in [5.74, 6) is -0.367. The van der Waals surface area contributed by atoms with E-state index >= 15 is 8.78 Å². The van der Waals surface area contributed by atoms with Crippen LogP contribution in [-0.4, -0.2) is 76.9 Å². The molecule has 4 aromatic rings. The van der Waals surface area contributed by atoms with Gasteiger partial charge in [0.25, 0.3) is 0 Å². The Kier molecular flexibility index (Phi) is 8.05. The van der Waals surface area contributed by atoms with Crippen LogP contribution in [0.2, 0.25) is 0 Å². The fourth-order valence-corrected chi connectivity index (χ4v) is 8.67. The highest BCUT2D eigenvalue weighted by Crippen LogP contribution is 2.43. The Morgan fingerprint density at radius 1 is 1.00 bits per heavy atom. The number of hydrogen-bond acceptors (Lipinski definition) is 7. The maximum absolute atomic E-state index is 17.0. The minimum absolute atomic E-state index is 0.0355. The number of anilines is 1. The molecule has 0 radical (unpaired) electrons. The number of aryl methyl sites for hydroxylation is 1. The minimum Gasteiger partial charge on any atom is -0.508 e. The third kappa shape index (κ3) is 5.59. The number of ether oxygens (including phenoxy) is 1. The van der Waals surface area contributed by atoms with Crippen molar-refractivity contribution >= 4 is 33.4 Å². The SMILES string of the molecule is O=C1CCCc2c(F)ccc3cc(O)cc(c23)-c2ccc3c(nc(OC[C@@]45CCCN4C[C@H](F)C5)nc3c2F)N2CCCC(CCN1)C2. The maximum atomic E-state index is 17.0. The molecule has 6 bridgehead atoms. The van der Waals surface area contributed by atoms with Gasteiger partial charge in [0, 0.05) is 50.0 Å². The lowest BCUT2D eigenvalue weighted by atomic mass is 9.90. The highest BCUT2D eigenvalue weighted by atomic mass is 19.1. The number of carbonyl (C=O) groups is 1. The van der Waals surface area contributed by atoms with Gasteiger partial charge in [-0.25, -0.2) is 13.2 Å². The van der Waals surface area contributed by atoms with Gasteiger partial charge >= 0.3 is 6.01 Å². The van der Waals surface area contributed by atoms with E-state index in [4.69, 9.17) is 9.72 Å². The summed E-state index contributed by atoms with van der Waals surface area (Å²) in [6.07, 6.45) is 4.90. The van der Waals surface area contributed by atoms with E-state index in [0.717, 1.165) is 45.2 Å². The topological polar surface area (TPSA) is 90.8 Å². The average molecular weight is 660 g/mol. The zero-order valence-corrected chi connectivity index (χ0v) is 26.9. The summed E-state index contributed by atoms with van der Waals surface area (Å²) in [5.41, 5.74) is 0.522. The van der Waals surface area contributed by atoms with Crippen LogP contribution < -0.4 is 15.0 Å². The molecule has 1 unspecified atom stereocenters. The monoisotopic (exact) mass is 659 g/mol. The van der Waals surface area contributed by atoms with Crippen LogP contribution in [0.3, 0.4) is 0 Å². The van der Waals surface area contributed by atoms with Crippen LogP contribution in [-0.2, 0) is 11.2 Å². The first-order chi connectivity index (χ1) is 23.3. The number of hydrogen-bond donors (Lipinski definition) is 2. The van der Waals surface area contributed by atoms with Crippen molar-refractivity contribution < 1.29 is 27.8 Å². The number of nitrogens with zero attached hydrogens (tertiary/aromatic N) is 4. The molecule has 5 aliphatic heterocycles. The van der Waals surface area contributed by atoms with Gasteiger partial charge in [-0.2, -0.15) is 9.97 Å². The van der Waals surface area contributed by atoms with Gasteiger partial charge in [0.15, 0.2) is 5.82 Å². The summed E-state index contributed by atoms with van der Waals surface area (Å²) in [4.78, 5) is 26.6. The largest absolute Gasteiger partial charge is 0.508 e. The molecule has 252 valence electrons. The van der Waals surface area contributed by atoms with Crippen molar-refractivity contribution in [3.05, 3.63) is 53.6 Å². The van der Waals surface area contributed by atoms with Crippen molar-refractivity contribution in [3.8, 4) is 22.9 Å². The Hall–Kier alpha value is -4.12. The normalized spacial score (nSPS) is 25.0. The van der Waals surface area contributed by atoms with Gasteiger partial charge in [0.2, 0.25) is 5.91 Å². The van der Waals surface area contributed by atoms with E-state index in [2.05, 4.69) is 20.1 Å². The van der Waals surface area contributed by atoms with Crippen LogP contribution in [0.15, 0.2) is 36.4 Å². The number of amides is 1. The smallest absolute Gasteiger partial charge is 0.319 e. The number of piperidine rings is 1. The summed E-state index contributed by atoms with van der Waals surface area (Å²) in [5, 5.41) is 15.3. The van der Waals surface area contributed by atoms with Gasteiger partial charge < -0.3 is 20.1 Å². The first kappa shape index (κ1) is 31.2. The molecule has 11 heteroatoms. The van der Waals surface area contributed by atoms with Crippen LogP contribution in [0.25, 0.3) is 32.8 Å². The second-order valence-corrected chi connectivity index (χ2v) is 14.1. The summed E-state index contributed by atoms with van der Waals surface area (Å²) < 4.78 is 53.4. The lowest BCUT2D eigenvalue weighted by Gasteiger charge is -2.34. The number of halogens is 3. The number of fused-ring (bicyclic) bond motifs is 8.